The maximum Gasteiger partial charge on any atom is 0.256 e. The molecule has 2 aromatic rings. The van der Waals surface area contributed by atoms with Gasteiger partial charge in [-0.1, -0.05) is 12.1 Å². The molecule has 0 saturated heterocycles. The smallest absolute Gasteiger partial charge is 0.256 e. The van der Waals surface area contributed by atoms with E-state index in [4.69, 9.17) is 4.74 Å². The van der Waals surface area contributed by atoms with Crippen LogP contribution < -0.4 is 20.3 Å². The summed E-state index contributed by atoms with van der Waals surface area (Å²) in [5, 5.41) is 17.7. The standard InChI is InChI=1S/C19H23N3O3S/c1-10(2)22-8-7-11-14(9-22)26-19-15(11)18(24)20-17(21-19)12-5-4-6-13(25-3)16(12)23/h4-6,10,17,21,23H,7-9H2,1-3H3,(H,20,24)/p+1/t17-/m1/s1. The molecule has 4 rings (SSSR count). The van der Waals surface area contributed by atoms with E-state index >= 15 is 0 Å². The Bertz CT molecular complexity index is 862. The van der Waals surface area contributed by atoms with E-state index < -0.39 is 6.17 Å². The van der Waals surface area contributed by atoms with Crippen molar-refractivity contribution in [2.75, 3.05) is 19.0 Å². The summed E-state index contributed by atoms with van der Waals surface area (Å²) in [6, 6.07) is 5.87. The molecule has 1 amide bonds. The second-order valence-corrected chi connectivity index (χ2v) is 8.25. The van der Waals surface area contributed by atoms with Crippen LogP contribution in [0.3, 0.4) is 0 Å². The zero-order valence-electron chi connectivity index (χ0n) is 15.2. The Morgan fingerprint density at radius 2 is 2.15 bits per heavy atom. The predicted molar refractivity (Wildman–Crippen MR) is 101 cm³/mol. The number of methoxy groups -OCH3 is 1. The highest BCUT2D eigenvalue weighted by Crippen LogP contribution is 2.41. The number of hydrogen-bond acceptors (Lipinski definition) is 5. The first-order chi connectivity index (χ1) is 12.5. The predicted octanol–water partition coefficient (Wildman–Crippen LogP) is 1.67. The number of para-hydroxylation sites is 1. The second kappa shape index (κ2) is 6.48. The highest BCUT2D eigenvalue weighted by Gasteiger charge is 2.35. The van der Waals surface area contributed by atoms with Gasteiger partial charge in [0.05, 0.1) is 30.1 Å². The van der Waals surface area contributed by atoms with Gasteiger partial charge in [-0.2, -0.15) is 0 Å². The van der Waals surface area contributed by atoms with E-state index in [1.54, 1.807) is 34.4 Å². The van der Waals surface area contributed by atoms with E-state index in [1.165, 1.54) is 17.6 Å². The molecule has 26 heavy (non-hydrogen) atoms. The Hall–Kier alpha value is -2.25. The van der Waals surface area contributed by atoms with Crippen molar-refractivity contribution in [2.45, 2.75) is 39.0 Å². The lowest BCUT2D eigenvalue weighted by Gasteiger charge is -2.29. The minimum atomic E-state index is -0.473. The summed E-state index contributed by atoms with van der Waals surface area (Å²) >= 11 is 1.67. The minimum Gasteiger partial charge on any atom is -0.504 e. The van der Waals surface area contributed by atoms with Crippen molar-refractivity contribution in [1.82, 2.24) is 5.32 Å². The van der Waals surface area contributed by atoms with Crippen molar-refractivity contribution < 1.29 is 19.5 Å². The van der Waals surface area contributed by atoms with Crippen LogP contribution in [0.2, 0.25) is 0 Å². The Kier molecular flexibility index (Phi) is 4.28. The van der Waals surface area contributed by atoms with Crippen LogP contribution in [0.25, 0.3) is 0 Å². The summed E-state index contributed by atoms with van der Waals surface area (Å²) in [5.41, 5.74) is 2.57. The third kappa shape index (κ3) is 2.71. The number of rotatable bonds is 3. The Balaban J connectivity index is 1.67. The van der Waals surface area contributed by atoms with Crippen LogP contribution in [0.1, 0.15) is 46.4 Å². The van der Waals surface area contributed by atoms with E-state index in [0.29, 0.717) is 17.4 Å². The molecule has 2 aliphatic rings. The van der Waals surface area contributed by atoms with Crippen molar-refractivity contribution >= 4 is 22.2 Å². The molecule has 2 atom stereocenters. The maximum atomic E-state index is 12.8. The number of carbonyl (C=O) groups is 1. The van der Waals surface area contributed by atoms with Gasteiger partial charge in [0.1, 0.15) is 17.7 Å². The third-order valence-corrected chi connectivity index (χ3v) is 6.49. The van der Waals surface area contributed by atoms with Gasteiger partial charge in [-0.05, 0) is 25.5 Å². The molecule has 0 radical (unpaired) electrons. The summed E-state index contributed by atoms with van der Waals surface area (Å²) in [5.74, 6) is 0.371. The first-order valence-corrected chi connectivity index (χ1v) is 9.73. The summed E-state index contributed by atoms with van der Waals surface area (Å²) in [6.45, 7) is 6.50. The molecule has 1 aromatic carbocycles. The van der Waals surface area contributed by atoms with Gasteiger partial charge in [-0.25, -0.2) is 0 Å². The normalized spacial score (nSPS) is 21.6. The number of quaternary nitrogens is 1. The molecule has 4 N–H and O–H groups in total. The fourth-order valence-electron chi connectivity index (χ4n) is 3.80. The van der Waals surface area contributed by atoms with Gasteiger partial charge in [0.2, 0.25) is 0 Å². The number of thiophene rings is 1. The molecule has 3 heterocycles. The van der Waals surface area contributed by atoms with Crippen LogP contribution >= 0.6 is 11.3 Å². The summed E-state index contributed by atoms with van der Waals surface area (Å²) in [7, 11) is 1.51. The van der Waals surface area contributed by atoms with Gasteiger partial charge < -0.3 is 25.4 Å². The topological polar surface area (TPSA) is 75.0 Å². The van der Waals surface area contributed by atoms with Crippen molar-refractivity contribution in [3.8, 4) is 11.5 Å². The van der Waals surface area contributed by atoms with E-state index in [2.05, 4.69) is 24.5 Å². The highest BCUT2D eigenvalue weighted by molar-refractivity contribution is 7.16. The van der Waals surface area contributed by atoms with Crippen molar-refractivity contribution in [3.05, 3.63) is 39.8 Å². The zero-order chi connectivity index (χ0) is 18.4. The molecule has 0 aliphatic carbocycles. The Morgan fingerprint density at radius 1 is 1.35 bits per heavy atom. The molecule has 0 bridgehead atoms. The number of benzene rings is 1. The maximum absolute atomic E-state index is 12.8. The van der Waals surface area contributed by atoms with Crippen LogP contribution in [0.4, 0.5) is 5.00 Å². The molecule has 0 saturated carbocycles. The highest BCUT2D eigenvalue weighted by atomic mass is 32.1. The average Bonchev–Trinajstić information content (AvgIpc) is 2.99. The molecular formula is C19H24N3O3S+. The van der Waals surface area contributed by atoms with Gasteiger partial charge in [-0.15, -0.1) is 11.3 Å². The second-order valence-electron chi connectivity index (χ2n) is 7.15. The number of nitrogens with one attached hydrogen (secondary N) is 3. The summed E-state index contributed by atoms with van der Waals surface area (Å²) in [6.07, 6.45) is 0.456. The van der Waals surface area contributed by atoms with Gasteiger partial charge >= 0.3 is 0 Å². The molecule has 1 aromatic heterocycles. The molecule has 0 spiro atoms. The molecule has 138 valence electrons. The molecule has 0 fully saturated rings. The average molecular weight is 374 g/mol. The van der Waals surface area contributed by atoms with Gasteiger partial charge in [0.25, 0.3) is 5.91 Å². The number of phenols is 1. The number of phenolic OH excluding ortho intramolecular Hbond substituents is 1. The van der Waals surface area contributed by atoms with Crippen molar-refractivity contribution in [3.63, 3.8) is 0 Å². The number of hydrogen-bond donors (Lipinski definition) is 4. The zero-order valence-corrected chi connectivity index (χ0v) is 16.0. The lowest BCUT2D eigenvalue weighted by molar-refractivity contribution is -0.936. The third-order valence-electron chi connectivity index (χ3n) is 5.33. The number of amides is 1. The summed E-state index contributed by atoms with van der Waals surface area (Å²) < 4.78 is 5.18. The Labute approximate surface area is 156 Å². The van der Waals surface area contributed by atoms with E-state index in [9.17, 15) is 9.90 Å². The molecule has 2 aliphatic heterocycles. The first kappa shape index (κ1) is 17.2. The van der Waals surface area contributed by atoms with Gasteiger partial charge in [0.15, 0.2) is 11.5 Å². The quantitative estimate of drug-likeness (QED) is 0.659. The monoisotopic (exact) mass is 374 g/mol. The lowest BCUT2D eigenvalue weighted by atomic mass is 9.99. The fraction of sp³-hybridized carbons (Fsp3) is 0.421. The van der Waals surface area contributed by atoms with Crippen LogP contribution in [0.5, 0.6) is 11.5 Å². The van der Waals surface area contributed by atoms with Crippen LogP contribution in [0.15, 0.2) is 18.2 Å². The fourth-order valence-corrected chi connectivity index (χ4v) is 5.12. The van der Waals surface area contributed by atoms with Crippen LogP contribution in [0, 0.1) is 0 Å². The van der Waals surface area contributed by atoms with Crippen molar-refractivity contribution in [1.29, 1.82) is 0 Å². The van der Waals surface area contributed by atoms with E-state index in [0.717, 1.165) is 30.1 Å². The van der Waals surface area contributed by atoms with E-state index in [1.807, 2.05) is 0 Å². The number of ether oxygens (including phenoxy) is 1. The lowest BCUT2D eigenvalue weighted by Crippen LogP contribution is -3.14. The number of carbonyl (C=O) groups excluding carboxylic acids is 1. The largest absolute Gasteiger partial charge is 0.504 e. The molecule has 6 nitrogen and oxygen atoms in total. The minimum absolute atomic E-state index is 0.0491. The number of fused-ring (bicyclic) bond motifs is 3. The van der Waals surface area contributed by atoms with Crippen molar-refractivity contribution in [2.24, 2.45) is 0 Å². The SMILES string of the molecule is COc1cccc([C@@H]2NC(=O)c3c(sc4c3CC[NH+](C(C)C)C4)N2)c1O. The number of aromatic hydroxyl groups is 1. The number of anilines is 1. The van der Waals surface area contributed by atoms with Crippen LogP contribution in [-0.2, 0) is 13.0 Å². The van der Waals surface area contributed by atoms with Gasteiger partial charge in [0, 0.05) is 12.0 Å². The molecular weight excluding hydrogens is 350 g/mol. The van der Waals surface area contributed by atoms with E-state index in [-0.39, 0.29) is 11.7 Å². The summed E-state index contributed by atoms with van der Waals surface area (Å²) in [4.78, 5) is 15.7. The van der Waals surface area contributed by atoms with Gasteiger partial charge in [-0.3, -0.25) is 4.79 Å². The molecule has 7 heteroatoms. The van der Waals surface area contributed by atoms with Crippen LogP contribution in [-0.4, -0.2) is 30.7 Å². The Morgan fingerprint density at radius 3 is 2.88 bits per heavy atom. The molecule has 1 unspecified atom stereocenters. The first-order valence-electron chi connectivity index (χ1n) is 8.92.